The van der Waals surface area contributed by atoms with Crippen molar-refractivity contribution in [1.82, 2.24) is 15.6 Å². The third-order valence-corrected chi connectivity index (χ3v) is 6.37. The van der Waals surface area contributed by atoms with E-state index in [0.717, 1.165) is 6.42 Å². The summed E-state index contributed by atoms with van der Waals surface area (Å²) in [6, 6.07) is 3.14. The lowest BCUT2D eigenvalue weighted by Crippen LogP contribution is -2.43. The Hall–Kier alpha value is -1.65. The van der Waals surface area contributed by atoms with Gasteiger partial charge in [-0.1, -0.05) is 6.07 Å². The number of fused-ring (bicyclic) bond motifs is 2. The van der Waals surface area contributed by atoms with E-state index in [-0.39, 0.29) is 43.5 Å². The molecule has 1 aromatic rings. The van der Waals surface area contributed by atoms with Gasteiger partial charge in [0.15, 0.2) is 0 Å². The van der Waals surface area contributed by atoms with E-state index in [1.807, 2.05) is 0 Å². The van der Waals surface area contributed by atoms with E-state index in [2.05, 4.69) is 36.9 Å². The van der Waals surface area contributed by atoms with Gasteiger partial charge in [-0.25, -0.2) is 4.98 Å². The summed E-state index contributed by atoms with van der Waals surface area (Å²) in [6.45, 7) is 0.625. The second-order valence-corrected chi connectivity index (χ2v) is 8.88. The minimum Gasteiger partial charge on any atom is -0.377 e. The predicted octanol–water partition coefficient (Wildman–Crippen LogP) is 2.36. The molecule has 2 bridgehead atoms. The predicted molar refractivity (Wildman–Crippen MR) is 104 cm³/mol. The molecule has 0 aromatic carbocycles. The summed E-state index contributed by atoms with van der Waals surface area (Å²) in [5, 5.41) is 8.49. The first-order valence-corrected chi connectivity index (χ1v) is 10.5. The van der Waals surface area contributed by atoms with Crippen molar-refractivity contribution in [2.24, 2.45) is 5.41 Å². The zero-order valence-electron chi connectivity index (χ0n) is 15.8. The van der Waals surface area contributed by atoms with Crippen LogP contribution in [0.25, 0.3) is 0 Å². The average Bonchev–Trinajstić information content (AvgIpc) is 3.23. The van der Waals surface area contributed by atoms with Crippen molar-refractivity contribution in [1.29, 1.82) is 0 Å². The van der Waals surface area contributed by atoms with E-state index < -0.39 is 24.3 Å². The molecule has 3 aliphatic rings. The van der Waals surface area contributed by atoms with Crippen LogP contribution in [0.1, 0.15) is 37.7 Å². The van der Waals surface area contributed by atoms with Crippen molar-refractivity contribution in [3.05, 3.63) is 22.3 Å². The highest BCUT2D eigenvalue weighted by atomic mass is 79.9. The second-order valence-electron chi connectivity index (χ2n) is 8.07. The molecule has 4 rings (SSSR count). The quantitative estimate of drug-likeness (QED) is 0.504. The highest BCUT2D eigenvalue weighted by Gasteiger charge is 2.61. The Morgan fingerprint density at radius 3 is 2.86 bits per heavy atom. The number of rotatable bonds is 0. The van der Waals surface area contributed by atoms with E-state index in [4.69, 9.17) is 4.74 Å². The fourth-order valence-corrected chi connectivity index (χ4v) is 4.39. The van der Waals surface area contributed by atoms with Crippen LogP contribution >= 0.6 is 15.9 Å². The van der Waals surface area contributed by atoms with Crippen LogP contribution in [0.5, 0.6) is 0 Å². The third kappa shape index (κ3) is 4.44. The number of anilines is 1. The van der Waals surface area contributed by atoms with Crippen LogP contribution in [0.3, 0.4) is 0 Å². The summed E-state index contributed by atoms with van der Waals surface area (Å²) >= 11 is 3.31. The van der Waals surface area contributed by atoms with E-state index in [0.29, 0.717) is 28.8 Å². The van der Waals surface area contributed by atoms with E-state index in [9.17, 15) is 18.4 Å². The van der Waals surface area contributed by atoms with Crippen LogP contribution in [0, 0.1) is 5.41 Å². The Bertz CT molecular complexity index is 825. The first-order valence-electron chi connectivity index (χ1n) is 9.75. The molecule has 10 heteroatoms. The Labute approximate surface area is 175 Å². The number of aromatic nitrogens is 1. The summed E-state index contributed by atoms with van der Waals surface area (Å²) in [4.78, 5) is 29.0. The molecule has 2 fully saturated rings. The molecule has 3 heterocycles. The number of hydrogen-bond acceptors (Lipinski definition) is 5. The molecule has 1 aliphatic carbocycles. The first kappa shape index (κ1) is 20.6. The van der Waals surface area contributed by atoms with Crippen molar-refractivity contribution in [2.75, 3.05) is 18.5 Å². The van der Waals surface area contributed by atoms with Crippen molar-refractivity contribution >= 4 is 33.6 Å². The molecule has 158 valence electrons. The van der Waals surface area contributed by atoms with Gasteiger partial charge in [0.05, 0.1) is 12.6 Å². The van der Waals surface area contributed by atoms with Crippen LogP contribution in [0.4, 0.5) is 14.6 Å². The maximum Gasteiger partial charge on any atom is 0.324 e. The Morgan fingerprint density at radius 1 is 1.21 bits per heavy atom. The minimum atomic E-state index is -3.40. The third-order valence-electron chi connectivity index (χ3n) is 5.93. The summed E-state index contributed by atoms with van der Waals surface area (Å²) in [7, 11) is 0. The van der Waals surface area contributed by atoms with Crippen LogP contribution in [0.15, 0.2) is 16.7 Å². The number of amides is 2. The Kier molecular flexibility index (Phi) is 5.60. The summed E-state index contributed by atoms with van der Waals surface area (Å²) in [5.74, 6) is -4.45. The maximum atomic E-state index is 14.1. The lowest BCUT2D eigenvalue weighted by Gasteiger charge is -2.19. The molecule has 3 atom stereocenters. The van der Waals surface area contributed by atoms with Gasteiger partial charge in [0, 0.05) is 36.6 Å². The number of piperidine rings is 1. The van der Waals surface area contributed by atoms with Gasteiger partial charge in [-0.05, 0) is 47.7 Å². The SMILES string of the molecule is O=C1Nc2nc(Br)ccc2COCCCCC(F)(F)C(=O)NC[C@@]23C[C@@H]1N[C@@H]2C3. The number of halogens is 3. The molecule has 0 unspecified atom stereocenters. The number of nitrogens with one attached hydrogen (secondary N) is 3. The fourth-order valence-electron chi connectivity index (χ4n) is 4.08. The zero-order chi connectivity index (χ0) is 20.6. The number of hydrogen-bond donors (Lipinski definition) is 3. The molecule has 29 heavy (non-hydrogen) atoms. The van der Waals surface area contributed by atoms with Gasteiger partial charge >= 0.3 is 5.92 Å². The topological polar surface area (TPSA) is 92.3 Å². The molecule has 1 saturated carbocycles. The van der Waals surface area contributed by atoms with Crippen molar-refractivity contribution in [3.8, 4) is 0 Å². The van der Waals surface area contributed by atoms with Gasteiger partial charge in [0.25, 0.3) is 5.91 Å². The number of carbonyl (C=O) groups excluding carboxylic acids is 2. The summed E-state index contributed by atoms with van der Waals surface area (Å²) < 4.78 is 34.4. The normalized spacial score (nSPS) is 32.4. The standard InChI is InChI=1S/C19H23BrF2N4O3/c20-14-4-3-11-9-29-6-2-1-5-19(21,22)17(28)23-10-18-7-12(24-13(18)8-18)16(27)26-15(11)25-14/h3-4,12-13,24H,1-2,5-10H2,(H,23,28)(H,25,26,27)/t12-,13+,18-/m0/s1. The van der Waals surface area contributed by atoms with Gasteiger partial charge in [-0.15, -0.1) is 0 Å². The minimum absolute atomic E-state index is 0.0457. The van der Waals surface area contributed by atoms with Gasteiger partial charge in [-0.3, -0.25) is 9.59 Å². The van der Waals surface area contributed by atoms with Gasteiger partial charge in [-0.2, -0.15) is 8.78 Å². The van der Waals surface area contributed by atoms with Crippen LogP contribution in [-0.2, 0) is 20.9 Å². The highest BCUT2D eigenvalue weighted by molar-refractivity contribution is 9.10. The van der Waals surface area contributed by atoms with Gasteiger partial charge in [0.2, 0.25) is 5.91 Å². The van der Waals surface area contributed by atoms with Crippen LogP contribution < -0.4 is 16.0 Å². The van der Waals surface area contributed by atoms with Gasteiger partial charge < -0.3 is 20.7 Å². The number of ether oxygens (including phenoxy) is 1. The lowest BCUT2D eigenvalue weighted by atomic mass is 9.99. The lowest BCUT2D eigenvalue weighted by molar-refractivity contribution is -0.147. The van der Waals surface area contributed by atoms with Crippen LogP contribution in [0.2, 0.25) is 0 Å². The zero-order valence-corrected chi connectivity index (χ0v) is 17.4. The summed E-state index contributed by atoms with van der Waals surface area (Å²) in [6.07, 6.45) is 1.32. The molecular weight excluding hydrogens is 450 g/mol. The number of nitrogens with zero attached hydrogens (tertiary/aromatic N) is 1. The monoisotopic (exact) mass is 472 g/mol. The second kappa shape index (κ2) is 7.88. The van der Waals surface area contributed by atoms with Crippen molar-refractivity contribution in [2.45, 2.75) is 56.7 Å². The molecule has 1 saturated heterocycles. The maximum absolute atomic E-state index is 14.1. The van der Waals surface area contributed by atoms with E-state index in [1.165, 1.54) is 0 Å². The number of carbonyl (C=O) groups is 2. The largest absolute Gasteiger partial charge is 0.377 e. The Morgan fingerprint density at radius 2 is 2.03 bits per heavy atom. The molecule has 2 amide bonds. The molecule has 1 spiro atoms. The van der Waals surface area contributed by atoms with E-state index in [1.54, 1.807) is 12.1 Å². The molecule has 2 aliphatic heterocycles. The Balaban J connectivity index is 1.52. The first-order chi connectivity index (χ1) is 13.8. The summed E-state index contributed by atoms with van der Waals surface area (Å²) in [5.41, 5.74) is 0.379. The molecule has 3 N–H and O–H groups in total. The molecule has 0 radical (unpaired) electrons. The molecule has 7 nitrogen and oxygen atoms in total. The molecule has 1 aromatic heterocycles. The van der Waals surface area contributed by atoms with E-state index >= 15 is 0 Å². The molecular formula is C19H23BrF2N4O3. The number of pyridine rings is 1. The highest BCUT2D eigenvalue weighted by Crippen LogP contribution is 2.54. The van der Waals surface area contributed by atoms with Crippen molar-refractivity contribution in [3.63, 3.8) is 0 Å². The van der Waals surface area contributed by atoms with Crippen molar-refractivity contribution < 1.29 is 23.1 Å². The smallest absolute Gasteiger partial charge is 0.324 e. The van der Waals surface area contributed by atoms with Crippen LogP contribution in [-0.4, -0.2) is 48.0 Å². The fraction of sp³-hybridized carbons (Fsp3) is 0.632. The average molecular weight is 473 g/mol. The van der Waals surface area contributed by atoms with Gasteiger partial charge in [0.1, 0.15) is 10.4 Å². The number of alkyl halides is 2.